The highest BCUT2D eigenvalue weighted by molar-refractivity contribution is 6.09. The standard InChI is InChI=1S/C17H15N5O2/c1-10-12(4-6-16(20-10)24-2)14-5-3-13-15(21-14)9-22(17(13)23)11-7-18-19-8-11/h3-8H,9H2,1-2H3,(H,18,19). The van der Waals surface area contributed by atoms with E-state index in [0.29, 0.717) is 18.0 Å². The highest BCUT2D eigenvalue weighted by atomic mass is 16.5. The van der Waals surface area contributed by atoms with Crippen LogP contribution in [0.3, 0.4) is 0 Å². The second-order valence-corrected chi connectivity index (χ2v) is 5.53. The first kappa shape index (κ1) is 14.4. The average molecular weight is 321 g/mol. The van der Waals surface area contributed by atoms with Crippen LogP contribution in [0.1, 0.15) is 21.7 Å². The number of nitrogens with one attached hydrogen (secondary N) is 1. The monoisotopic (exact) mass is 321 g/mol. The molecule has 0 fully saturated rings. The summed E-state index contributed by atoms with van der Waals surface area (Å²) in [7, 11) is 1.59. The molecular weight excluding hydrogens is 306 g/mol. The Bertz CT molecular complexity index is 921. The molecule has 24 heavy (non-hydrogen) atoms. The van der Waals surface area contributed by atoms with Gasteiger partial charge in [-0.3, -0.25) is 19.8 Å². The van der Waals surface area contributed by atoms with Crippen LogP contribution in [0.25, 0.3) is 11.3 Å². The Balaban J connectivity index is 1.71. The van der Waals surface area contributed by atoms with Gasteiger partial charge in [-0.05, 0) is 25.1 Å². The number of nitrogens with zero attached hydrogens (tertiary/aromatic N) is 4. The number of hydrogen-bond donors (Lipinski definition) is 1. The Hall–Kier alpha value is -3.22. The first-order chi connectivity index (χ1) is 11.7. The predicted molar refractivity (Wildman–Crippen MR) is 87.9 cm³/mol. The zero-order chi connectivity index (χ0) is 16.7. The minimum absolute atomic E-state index is 0.0602. The van der Waals surface area contributed by atoms with Gasteiger partial charge in [-0.1, -0.05) is 0 Å². The number of aromatic amines is 1. The van der Waals surface area contributed by atoms with Gasteiger partial charge < -0.3 is 4.74 Å². The number of fused-ring (bicyclic) bond motifs is 1. The summed E-state index contributed by atoms with van der Waals surface area (Å²) in [6.07, 6.45) is 3.32. The second-order valence-electron chi connectivity index (χ2n) is 5.53. The fourth-order valence-corrected chi connectivity index (χ4v) is 2.86. The van der Waals surface area contributed by atoms with Gasteiger partial charge in [-0.15, -0.1) is 0 Å². The molecule has 0 saturated carbocycles. The van der Waals surface area contributed by atoms with Crippen molar-refractivity contribution >= 4 is 11.6 Å². The summed E-state index contributed by atoms with van der Waals surface area (Å²) >= 11 is 0. The Labute approximate surface area is 138 Å². The van der Waals surface area contributed by atoms with Crippen molar-refractivity contribution in [1.82, 2.24) is 20.2 Å². The molecule has 4 heterocycles. The lowest BCUT2D eigenvalue weighted by Gasteiger charge is -2.11. The number of methoxy groups -OCH3 is 1. The fraction of sp³-hybridized carbons (Fsp3) is 0.176. The Morgan fingerprint density at radius 1 is 1.17 bits per heavy atom. The van der Waals surface area contributed by atoms with Gasteiger partial charge in [0.1, 0.15) is 0 Å². The molecule has 0 aromatic carbocycles. The molecule has 7 nitrogen and oxygen atoms in total. The molecule has 3 aromatic rings. The van der Waals surface area contributed by atoms with Gasteiger partial charge in [0.25, 0.3) is 5.91 Å². The summed E-state index contributed by atoms with van der Waals surface area (Å²) in [4.78, 5) is 23.2. The zero-order valence-corrected chi connectivity index (χ0v) is 13.3. The van der Waals surface area contributed by atoms with Gasteiger partial charge in [-0.25, -0.2) is 4.98 Å². The average Bonchev–Trinajstić information content (AvgIpc) is 3.22. The van der Waals surface area contributed by atoms with Crippen LogP contribution >= 0.6 is 0 Å². The number of aromatic nitrogens is 4. The number of pyridine rings is 2. The lowest BCUT2D eigenvalue weighted by molar-refractivity contribution is 0.0996. The van der Waals surface area contributed by atoms with E-state index < -0.39 is 0 Å². The zero-order valence-electron chi connectivity index (χ0n) is 13.3. The van der Waals surface area contributed by atoms with Crippen LogP contribution in [0.4, 0.5) is 5.69 Å². The Morgan fingerprint density at radius 2 is 2.00 bits per heavy atom. The third kappa shape index (κ3) is 2.21. The number of anilines is 1. The normalized spacial score (nSPS) is 13.2. The molecule has 0 saturated heterocycles. The first-order valence-corrected chi connectivity index (χ1v) is 7.50. The van der Waals surface area contributed by atoms with Crippen LogP contribution in [0.2, 0.25) is 0 Å². The maximum Gasteiger partial charge on any atom is 0.260 e. The molecule has 0 unspecified atom stereocenters. The summed E-state index contributed by atoms with van der Waals surface area (Å²) in [5.41, 5.74) is 4.67. The molecule has 0 atom stereocenters. The molecule has 0 bridgehead atoms. The first-order valence-electron chi connectivity index (χ1n) is 7.50. The van der Waals surface area contributed by atoms with Crippen molar-refractivity contribution in [1.29, 1.82) is 0 Å². The van der Waals surface area contributed by atoms with Crippen molar-refractivity contribution in [2.45, 2.75) is 13.5 Å². The third-order valence-corrected chi connectivity index (χ3v) is 4.10. The molecule has 0 spiro atoms. The van der Waals surface area contributed by atoms with Gasteiger partial charge in [-0.2, -0.15) is 5.10 Å². The van der Waals surface area contributed by atoms with Crippen LogP contribution in [0.5, 0.6) is 5.88 Å². The number of rotatable bonds is 3. The van der Waals surface area contributed by atoms with E-state index in [1.165, 1.54) is 0 Å². The van der Waals surface area contributed by atoms with Crippen LogP contribution in [-0.2, 0) is 6.54 Å². The molecule has 4 rings (SSSR count). The van der Waals surface area contributed by atoms with Crippen molar-refractivity contribution in [2.24, 2.45) is 0 Å². The summed E-state index contributed by atoms with van der Waals surface area (Å²) < 4.78 is 5.14. The summed E-state index contributed by atoms with van der Waals surface area (Å²) in [5.74, 6) is 0.508. The number of H-pyrrole nitrogens is 1. The number of carbonyl (C=O) groups is 1. The van der Waals surface area contributed by atoms with E-state index in [9.17, 15) is 4.79 Å². The molecule has 1 aliphatic heterocycles. The fourth-order valence-electron chi connectivity index (χ4n) is 2.86. The van der Waals surface area contributed by atoms with Gasteiger partial charge in [0, 0.05) is 17.8 Å². The van der Waals surface area contributed by atoms with E-state index in [2.05, 4.69) is 20.2 Å². The van der Waals surface area contributed by atoms with Crippen molar-refractivity contribution in [3.63, 3.8) is 0 Å². The Morgan fingerprint density at radius 3 is 2.71 bits per heavy atom. The lowest BCUT2D eigenvalue weighted by atomic mass is 10.1. The van der Waals surface area contributed by atoms with E-state index in [0.717, 1.165) is 28.3 Å². The molecule has 7 heteroatoms. The minimum atomic E-state index is -0.0602. The number of carbonyl (C=O) groups excluding carboxylic acids is 1. The summed E-state index contributed by atoms with van der Waals surface area (Å²) in [6.45, 7) is 2.35. The number of aryl methyl sites for hydroxylation is 1. The van der Waals surface area contributed by atoms with Crippen molar-refractivity contribution < 1.29 is 9.53 Å². The van der Waals surface area contributed by atoms with Gasteiger partial charge >= 0.3 is 0 Å². The van der Waals surface area contributed by atoms with E-state index in [1.807, 2.05) is 25.1 Å². The third-order valence-electron chi connectivity index (χ3n) is 4.10. The SMILES string of the molecule is COc1ccc(-c2ccc3c(n2)CN(c2cn[nH]c2)C3=O)c(C)n1. The molecule has 3 aromatic heterocycles. The quantitative estimate of drug-likeness (QED) is 0.800. The van der Waals surface area contributed by atoms with E-state index in [-0.39, 0.29) is 5.91 Å². The summed E-state index contributed by atoms with van der Waals surface area (Å²) in [6, 6.07) is 7.41. The Kier molecular flexibility index (Phi) is 3.26. The minimum Gasteiger partial charge on any atom is -0.481 e. The number of amides is 1. The number of ether oxygens (including phenoxy) is 1. The second kappa shape index (κ2) is 5.45. The summed E-state index contributed by atoms with van der Waals surface area (Å²) in [5, 5.41) is 6.62. The van der Waals surface area contributed by atoms with Gasteiger partial charge in [0.05, 0.1) is 48.2 Å². The van der Waals surface area contributed by atoms with Crippen molar-refractivity contribution in [2.75, 3.05) is 12.0 Å². The highest BCUT2D eigenvalue weighted by Crippen LogP contribution is 2.30. The van der Waals surface area contributed by atoms with Crippen LogP contribution in [0, 0.1) is 6.92 Å². The maximum atomic E-state index is 12.5. The van der Waals surface area contributed by atoms with Crippen LogP contribution < -0.4 is 9.64 Å². The van der Waals surface area contributed by atoms with Crippen LogP contribution in [0.15, 0.2) is 36.7 Å². The smallest absolute Gasteiger partial charge is 0.260 e. The topological polar surface area (TPSA) is 84.0 Å². The number of hydrogen-bond acceptors (Lipinski definition) is 5. The van der Waals surface area contributed by atoms with E-state index in [4.69, 9.17) is 4.74 Å². The van der Waals surface area contributed by atoms with Crippen molar-refractivity contribution in [3.8, 4) is 17.1 Å². The van der Waals surface area contributed by atoms with Gasteiger partial charge in [0.15, 0.2) is 0 Å². The van der Waals surface area contributed by atoms with E-state index >= 15 is 0 Å². The predicted octanol–water partition coefficient (Wildman–Crippen LogP) is 2.34. The molecule has 0 radical (unpaired) electrons. The van der Waals surface area contributed by atoms with Crippen LogP contribution in [-0.4, -0.2) is 33.2 Å². The maximum absolute atomic E-state index is 12.5. The van der Waals surface area contributed by atoms with Gasteiger partial charge in [0.2, 0.25) is 5.88 Å². The molecule has 1 amide bonds. The molecular formula is C17H15N5O2. The molecule has 1 N–H and O–H groups in total. The highest BCUT2D eigenvalue weighted by Gasteiger charge is 2.30. The molecule has 120 valence electrons. The molecule has 1 aliphatic rings. The lowest BCUT2D eigenvalue weighted by Crippen LogP contribution is -2.22. The molecule has 0 aliphatic carbocycles. The van der Waals surface area contributed by atoms with Crippen molar-refractivity contribution in [3.05, 3.63) is 53.6 Å². The van der Waals surface area contributed by atoms with E-state index in [1.54, 1.807) is 30.5 Å². The largest absolute Gasteiger partial charge is 0.481 e.